The lowest BCUT2D eigenvalue weighted by Crippen LogP contribution is -2.21. The van der Waals surface area contributed by atoms with Crippen LogP contribution < -0.4 is 5.32 Å². The second-order valence-corrected chi connectivity index (χ2v) is 3.69. The number of aliphatic hydroxyl groups is 1. The van der Waals surface area contributed by atoms with Crippen LogP contribution in [-0.4, -0.2) is 23.6 Å². The van der Waals surface area contributed by atoms with Crippen molar-refractivity contribution in [3.63, 3.8) is 0 Å². The average molecular weight is 272 g/mol. The van der Waals surface area contributed by atoms with Crippen LogP contribution in [-0.2, 0) is 6.18 Å². The van der Waals surface area contributed by atoms with Crippen molar-refractivity contribution in [1.29, 1.82) is 0 Å². The number of anilines is 1. The molecule has 2 nitrogen and oxygen atoms in total. The Morgan fingerprint density at radius 1 is 1.35 bits per heavy atom. The van der Waals surface area contributed by atoms with E-state index in [1.54, 1.807) is 0 Å². The fourth-order valence-electron chi connectivity index (χ4n) is 1.14. The molecule has 1 atom stereocenters. The third-order valence-electron chi connectivity index (χ3n) is 1.99. The molecule has 0 spiro atoms. The predicted molar refractivity (Wildman–Crippen MR) is 56.6 cm³/mol. The van der Waals surface area contributed by atoms with Gasteiger partial charge >= 0.3 is 6.18 Å². The van der Waals surface area contributed by atoms with E-state index in [-0.39, 0.29) is 18.1 Å². The standard InChI is InChI=1S/C10H10ClF4NO/c11-4-7(17)5-16-6-1-2-9(12)8(3-6)10(13,14)15/h1-3,7,16-17H,4-5H2. The first-order valence-corrected chi connectivity index (χ1v) is 5.22. The van der Waals surface area contributed by atoms with E-state index < -0.39 is 23.7 Å². The Morgan fingerprint density at radius 2 is 2.00 bits per heavy atom. The minimum atomic E-state index is -4.74. The first-order chi connectivity index (χ1) is 7.84. The van der Waals surface area contributed by atoms with Crippen molar-refractivity contribution in [1.82, 2.24) is 0 Å². The molecule has 2 N–H and O–H groups in total. The molecule has 17 heavy (non-hydrogen) atoms. The van der Waals surface area contributed by atoms with Crippen molar-refractivity contribution in [2.45, 2.75) is 12.3 Å². The summed E-state index contributed by atoms with van der Waals surface area (Å²) >= 11 is 5.32. The van der Waals surface area contributed by atoms with Crippen LogP contribution in [0.4, 0.5) is 23.2 Å². The molecule has 1 rings (SSSR count). The minimum Gasteiger partial charge on any atom is -0.390 e. The van der Waals surface area contributed by atoms with Gasteiger partial charge in [0.1, 0.15) is 5.82 Å². The molecule has 0 heterocycles. The van der Waals surface area contributed by atoms with Crippen LogP contribution in [0.1, 0.15) is 5.56 Å². The van der Waals surface area contributed by atoms with Gasteiger partial charge in [-0.2, -0.15) is 13.2 Å². The molecule has 0 bridgehead atoms. The Morgan fingerprint density at radius 3 is 2.53 bits per heavy atom. The molecule has 0 aliphatic carbocycles. The van der Waals surface area contributed by atoms with E-state index in [0.717, 1.165) is 12.1 Å². The average Bonchev–Trinajstić information content (AvgIpc) is 2.26. The summed E-state index contributed by atoms with van der Waals surface area (Å²) in [6.07, 6.45) is -5.62. The van der Waals surface area contributed by atoms with Crippen LogP contribution in [0, 0.1) is 5.82 Å². The first kappa shape index (κ1) is 14.1. The number of nitrogens with one attached hydrogen (secondary N) is 1. The lowest BCUT2D eigenvalue weighted by atomic mass is 10.1. The molecule has 1 aromatic rings. The number of hydrogen-bond acceptors (Lipinski definition) is 2. The summed E-state index contributed by atoms with van der Waals surface area (Å²) in [5.41, 5.74) is -1.27. The van der Waals surface area contributed by atoms with Crippen LogP contribution >= 0.6 is 11.6 Å². The summed E-state index contributed by atoms with van der Waals surface area (Å²) in [6.45, 7) is -0.00751. The molecule has 0 saturated heterocycles. The van der Waals surface area contributed by atoms with E-state index in [0.29, 0.717) is 6.07 Å². The molecule has 0 saturated carbocycles. The van der Waals surface area contributed by atoms with Gasteiger partial charge in [-0.05, 0) is 18.2 Å². The molecule has 0 aliphatic heterocycles. The zero-order valence-electron chi connectivity index (χ0n) is 8.56. The fraction of sp³-hybridized carbons (Fsp3) is 0.400. The lowest BCUT2D eigenvalue weighted by molar-refractivity contribution is -0.139. The zero-order valence-corrected chi connectivity index (χ0v) is 9.32. The number of rotatable bonds is 4. The largest absolute Gasteiger partial charge is 0.419 e. The normalized spacial score (nSPS) is 13.5. The topological polar surface area (TPSA) is 32.3 Å². The van der Waals surface area contributed by atoms with Gasteiger partial charge in [0.05, 0.1) is 17.5 Å². The highest BCUT2D eigenvalue weighted by atomic mass is 35.5. The van der Waals surface area contributed by atoms with Gasteiger partial charge in [0.2, 0.25) is 0 Å². The van der Waals surface area contributed by atoms with Crippen molar-refractivity contribution in [2.24, 2.45) is 0 Å². The Kier molecular flexibility index (Phi) is 4.59. The summed E-state index contributed by atoms with van der Waals surface area (Å²) in [7, 11) is 0. The Labute approximate surface area is 100 Å². The summed E-state index contributed by atoms with van der Waals surface area (Å²) in [6, 6.07) is 2.53. The van der Waals surface area contributed by atoms with E-state index >= 15 is 0 Å². The maximum absolute atomic E-state index is 12.9. The van der Waals surface area contributed by atoms with Crippen LogP contribution in [0.5, 0.6) is 0 Å². The third-order valence-corrected chi connectivity index (χ3v) is 2.35. The monoisotopic (exact) mass is 271 g/mol. The van der Waals surface area contributed by atoms with Gasteiger partial charge in [-0.15, -0.1) is 11.6 Å². The molecule has 7 heteroatoms. The van der Waals surface area contributed by atoms with Crippen LogP contribution in [0.3, 0.4) is 0 Å². The van der Waals surface area contributed by atoms with Crippen LogP contribution in [0.2, 0.25) is 0 Å². The van der Waals surface area contributed by atoms with Crippen molar-refractivity contribution >= 4 is 17.3 Å². The highest BCUT2D eigenvalue weighted by Crippen LogP contribution is 2.32. The van der Waals surface area contributed by atoms with Crippen molar-refractivity contribution < 1.29 is 22.7 Å². The third kappa shape index (κ3) is 4.05. The maximum Gasteiger partial charge on any atom is 0.419 e. The minimum absolute atomic E-state index is 0.00751. The highest BCUT2D eigenvalue weighted by molar-refractivity contribution is 6.18. The van der Waals surface area contributed by atoms with E-state index in [4.69, 9.17) is 16.7 Å². The summed E-state index contributed by atoms with van der Waals surface area (Å²) in [4.78, 5) is 0. The van der Waals surface area contributed by atoms with Crippen molar-refractivity contribution in [3.05, 3.63) is 29.6 Å². The van der Waals surface area contributed by atoms with Gasteiger partial charge in [-0.1, -0.05) is 0 Å². The predicted octanol–water partition coefficient (Wildman–Crippen LogP) is 2.86. The van der Waals surface area contributed by atoms with Gasteiger partial charge in [-0.25, -0.2) is 4.39 Å². The molecule has 96 valence electrons. The lowest BCUT2D eigenvalue weighted by Gasteiger charge is -2.13. The number of aliphatic hydroxyl groups excluding tert-OH is 1. The molecule has 0 amide bonds. The van der Waals surface area contributed by atoms with Gasteiger partial charge < -0.3 is 10.4 Å². The molecular formula is C10H10ClF4NO. The second kappa shape index (κ2) is 5.55. The van der Waals surface area contributed by atoms with E-state index in [9.17, 15) is 17.6 Å². The van der Waals surface area contributed by atoms with Crippen LogP contribution in [0.25, 0.3) is 0 Å². The second-order valence-electron chi connectivity index (χ2n) is 3.38. The molecule has 1 unspecified atom stereocenters. The fourth-order valence-corrected chi connectivity index (χ4v) is 1.25. The summed E-state index contributed by atoms with van der Waals surface area (Å²) in [5, 5.41) is 11.6. The molecule has 0 fully saturated rings. The van der Waals surface area contributed by atoms with Crippen LogP contribution in [0.15, 0.2) is 18.2 Å². The van der Waals surface area contributed by atoms with Gasteiger partial charge in [0, 0.05) is 12.2 Å². The molecule has 0 aromatic heterocycles. The number of benzene rings is 1. The SMILES string of the molecule is OC(CCl)CNc1ccc(F)c(C(F)(F)F)c1. The molecule has 0 aliphatic rings. The number of hydrogen-bond donors (Lipinski definition) is 2. The quantitative estimate of drug-likeness (QED) is 0.652. The zero-order chi connectivity index (χ0) is 13.1. The van der Waals surface area contributed by atoms with Gasteiger partial charge in [-0.3, -0.25) is 0 Å². The molecule has 0 radical (unpaired) electrons. The summed E-state index contributed by atoms with van der Waals surface area (Å²) < 4.78 is 50.0. The summed E-state index contributed by atoms with van der Waals surface area (Å²) in [5.74, 6) is -1.37. The highest BCUT2D eigenvalue weighted by Gasteiger charge is 2.34. The Balaban J connectivity index is 2.82. The van der Waals surface area contributed by atoms with E-state index in [1.807, 2.05) is 0 Å². The van der Waals surface area contributed by atoms with E-state index in [1.165, 1.54) is 0 Å². The van der Waals surface area contributed by atoms with E-state index in [2.05, 4.69) is 5.32 Å². The Hall–Kier alpha value is -1.01. The van der Waals surface area contributed by atoms with Crippen molar-refractivity contribution in [3.8, 4) is 0 Å². The Bertz CT molecular complexity index is 383. The van der Waals surface area contributed by atoms with Gasteiger partial charge in [0.15, 0.2) is 0 Å². The maximum atomic E-state index is 12.9. The number of alkyl halides is 4. The molecular weight excluding hydrogens is 262 g/mol. The van der Waals surface area contributed by atoms with Gasteiger partial charge in [0.25, 0.3) is 0 Å². The van der Waals surface area contributed by atoms with Crippen molar-refractivity contribution in [2.75, 3.05) is 17.7 Å². The number of halogens is 5. The smallest absolute Gasteiger partial charge is 0.390 e. The molecule has 1 aromatic carbocycles. The first-order valence-electron chi connectivity index (χ1n) is 4.69.